The Morgan fingerprint density at radius 2 is 2.00 bits per heavy atom. The van der Waals surface area contributed by atoms with Crippen molar-refractivity contribution >= 4 is 11.2 Å². The molecule has 3 aromatic heterocycles. The van der Waals surface area contributed by atoms with Gasteiger partial charge in [-0.05, 0) is 19.9 Å². The van der Waals surface area contributed by atoms with E-state index in [1.54, 1.807) is 17.2 Å². The lowest BCUT2D eigenvalue weighted by atomic mass is 10.4. The summed E-state index contributed by atoms with van der Waals surface area (Å²) in [6, 6.07) is 2.00. The van der Waals surface area contributed by atoms with Crippen molar-refractivity contribution in [3.63, 3.8) is 0 Å². The van der Waals surface area contributed by atoms with Gasteiger partial charge < -0.3 is 4.57 Å². The highest BCUT2D eigenvalue weighted by molar-refractivity contribution is 5.69. The smallest absolute Gasteiger partial charge is 0.252 e. The van der Waals surface area contributed by atoms with Crippen molar-refractivity contribution in [2.45, 2.75) is 13.8 Å². The van der Waals surface area contributed by atoms with Crippen LogP contribution >= 0.6 is 0 Å². The second-order valence-electron chi connectivity index (χ2n) is 4.07. The summed E-state index contributed by atoms with van der Waals surface area (Å²) in [6.45, 7) is 3.93. The summed E-state index contributed by atoms with van der Waals surface area (Å²) < 4.78 is 3.61. The third-order valence-electron chi connectivity index (χ3n) is 2.64. The molecule has 0 amide bonds. The van der Waals surface area contributed by atoms with Gasteiger partial charge in [-0.3, -0.25) is 0 Å². The fourth-order valence-corrected chi connectivity index (χ4v) is 1.85. The molecule has 0 N–H and O–H groups in total. The molecule has 0 spiro atoms. The maximum Gasteiger partial charge on any atom is 0.252 e. The van der Waals surface area contributed by atoms with E-state index in [4.69, 9.17) is 0 Å². The zero-order valence-electron chi connectivity index (χ0n) is 9.92. The average molecular weight is 228 g/mol. The molecule has 0 atom stereocenters. The zero-order chi connectivity index (χ0) is 12.0. The Labute approximate surface area is 98.0 Å². The van der Waals surface area contributed by atoms with Gasteiger partial charge in [-0.15, -0.1) is 0 Å². The summed E-state index contributed by atoms with van der Waals surface area (Å²) in [7, 11) is 1.91. The van der Waals surface area contributed by atoms with Crippen molar-refractivity contribution in [1.29, 1.82) is 0 Å². The SMILES string of the molecule is Cc1cc(C)n(-c2ncc3ncn(C)c3n2)n1. The molecule has 86 valence electrons. The van der Waals surface area contributed by atoms with Crippen molar-refractivity contribution < 1.29 is 0 Å². The minimum absolute atomic E-state index is 0.576. The van der Waals surface area contributed by atoms with Crippen molar-refractivity contribution in [2.24, 2.45) is 7.05 Å². The molecule has 3 aromatic rings. The average Bonchev–Trinajstić information content (AvgIpc) is 2.83. The summed E-state index contributed by atoms with van der Waals surface area (Å²) in [5.74, 6) is 0.576. The Kier molecular flexibility index (Phi) is 1.98. The first-order valence-corrected chi connectivity index (χ1v) is 5.33. The highest BCUT2D eigenvalue weighted by Gasteiger charge is 2.09. The van der Waals surface area contributed by atoms with Gasteiger partial charge in [-0.1, -0.05) is 0 Å². The Morgan fingerprint density at radius 3 is 2.71 bits per heavy atom. The molecule has 0 unspecified atom stereocenters. The number of hydrogen-bond acceptors (Lipinski definition) is 4. The van der Waals surface area contributed by atoms with Gasteiger partial charge in [0.05, 0.1) is 18.2 Å². The number of fused-ring (bicyclic) bond motifs is 1. The zero-order valence-corrected chi connectivity index (χ0v) is 9.92. The van der Waals surface area contributed by atoms with Crippen LogP contribution in [0.15, 0.2) is 18.6 Å². The quantitative estimate of drug-likeness (QED) is 0.627. The van der Waals surface area contributed by atoms with E-state index in [9.17, 15) is 0 Å². The van der Waals surface area contributed by atoms with E-state index in [1.807, 2.05) is 31.5 Å². The molecule has 0 saturated heterocycles. The first-order valence-electron chi connectivity index (χ1n) is 5.33. The topological polar surface area (TPSA) is 61.4 Å². The second kappa shape index (κ2) is 3.38. The third kappa shape index (κ3) is 1.49. The summed E-state index contributed by atoms with van der Waals surface area (Å²) in [6.07, 6.45) is 3.44. The highest BCUT2D eigenvalue weighted by Crippen LogP contribution is 2.11. The molecule has 3 heterocycles. The van der Waals surface area contributed by atoms with Gasteiger partial charge in [0, 0.05) is 12.7 Å². The van der Waals surface area contributed by atoms with Crippen LogP contribution in [0, 0.1) is 13.8 Å². The lowest BCUT2D eigenvalue weighted by Crippen LogP contribution is -2.05. The first kappa shape index (κ1) is 9.95. The molecule has 0 radical (unpaired) electrons. The molecular weight excluding hydrogens is 216 g/mol. The minimum Gasteiger partial charge on any atom is -0.318 e. The van der Waals surface area contributed by atoms with E-state index < -0.39 is 0 Å². The Bertz CT molecular complexity index is 693. The normalized spacial score (nSPS) is 11.2. The summed E-state index contributed by atoms with van der Waals surface area (Å²) in [5.41, 5.74) is 3.57. The fraction of sp³-hybridized carbons (Fsp3) is 0.273. The highest BCUT2D eigenvalue weighted by atomic mass is 15.4. The van der Waals surface area contributed by atoms with E-state index >= 15 is 0 Å². The number of rotatable bonds is 1. The van der Waals surface area contributed by atoms with Gasteiger partial charge in [0.15, 0.2) is 5.65 Å². The number of aryl methyl sites for hydroxylation is 3. The molecule has 0 aliphatic carbocycles. The van der Waals surface area contributed by atoms with E-state index in [0.29, 0.717) is 5.95 Å². The van der Waals surface area contributed by atoms with Gasteiger partial charge in [0.1, 0.15) is 5.52 Å². The van der Waals surface area contributed by atoms with Crippen molar-refractivity contribution in [3.8, 4) is 5.95 Å². The molecule has 0 fully saturated rings. The lowest BCUT2D eigenvalue weighted by Gasteiger charge is -2.02. The van der Waals surface area contributed by atoms with Crippen molar-refractivity contribution in [2.75, 3.05) is 0 Å². The Morgan fingerprint density at radius 1 is 1.18 bits per heavy atom. The largest absolute Gasteiger partial charge is 0.318 e. The van der Waals surface area contributed by atoms with Crippen LogP contribution in [0.5, 0.6) is 0 Å². The molecule has 0 aromatic carbocycles. The van der Waals surface area contributed by atoms with Crippen LogP contribution in [-0.4, -0.2) is 29.3 Å². The molecule has 0 saturated carbocycles. The van der Waals surface area contributed by atoms with Crippen LogP contribution in [0.2, 0.25) is 0 Å². The molecule has 0 bridgehead atoms. The molecule has 0 aliphatic rings. The third-order valence-corrected chi connectivity index (χ3v) is 2.64. The fourth-order valence-electron chi connectivity index (χ4n) is 1.85. The van der Waals surface area contributed by atoms with Crippen LogP contribution in [0.25, 0.3) is 17.1 Å². The van der Waals surface area contributed by atoms with Crippen LogP contribution < -0.4 is 0 Å². The number of hydrogen-bond donors (Lipinski definition) is 0. The number of imidazole rings is 1. The lowest BCUT2D eigenvalue weighted by molar-refractivity contribution is 0.774. The van der Waals surface area contributed by atoms with Crippen LogP contribution in [0.3, 0.4) is 0 Å². The summed E-state index contributed by atoms with van der Waals surface area (Å²) >= 11 is 0. The van der Waals surface area contributed by atoms with E-state index in [1.165, 1.54) is 0 Å². The van der Waals surface area contributed by atoms with E-state index in [2.05, 4.69) is 20.1 Å². The summed E-state index contributed by atoms with van der Waals surface area (Å²) in [4.78, 5) is 12.9. The Balaban J connectivity index is 2.23. The van der Waals surface area contributed by atoms with Crippen LogP contribution in [0.4, 0.5) is 0 Å². The predicted molar refractivity (Wildman–Crippen MR) is 62.9 cm³/mol. The first-order chi connectivity index (χ1) is 8.15. The second-order valence-corrected chi connectivity index (χ2v) is 4.07. The van der Waals surface area contributed by atoms with Gasteiger partial charge in [-0.25, -0.2) is 14.6 Å². The monoisotopic (exact) mass is 228 g/mol. The van der Waals surface area contributed by atoms with Crippen molar-refractivity contribution in [3.05, 3.63) is 30.0 Å². The number of aromatic nitrogens is 6. The molecule has 6 nitrogen and oxygen atoms in total. The standard InChI is InChI=1S/C11H12N6/c1-7-4-8(2)17(15-7)11-12-5-9-10(14-11)16(3)6-13-9/h4-6H,1-3H3. The molecule has 0 aliphatic heterocycles. The predicted octanol–water partition coefficient (Wildman–Crippen LogP) is 1.17. The molecular formula is C11H12N6. The van der Waals surface area contributed by atoms with Crippen LogP contribution in [0.1, 0.15) is 11.4 Å². The van der Waals surface area contributed by atoms with Crippen LogP contribution in [-0.2, 0) is 7.05 Å². The van der Waals surface area contributed by atoms with Gasteiger partial charge in [0.25, 0.3) is 5.95 Å². The summed E-state index contributed by atoms with van der Waals surface area (Å²) in [5, 5.41) is 4.36. The van der Waals surface area contributed by atoms with E-state index in [-0.39, 0.29) is 0 Å². The minimum atomic E-state index is 0.576. The van der Waals surface area contributed by atoms with Gasteiger partial charge >= 0.3 is 0 Å². The van der Waals surface area contributed by atoms with Gasteiger partial charge in [0.2, 0.25) is 0 Å². The van der Waals surface area contributed by atoms with Gasteiger partial charge in [-0.2, -0.15) is 10.1 Å². The van der Waals surface area contributed by atoms with E-state index in [0.717, 1.165) is 22.6 Å². The number of nitrogens with zero attached hydrogens (tertiary/aromatic N) is 6. The maximum absolute atomic E-state index is 4.47. The molecule has 6 heteroatoms. The molecule has 17 heavy (non-hydrogen) atoms. The molecule has 3 rings (SSSR count). The van der Waals surface area contributed by atoms with Crippen molar-refractivity contribution in [1.82, 2.24) is 29.3 Å². The Hall–Kier alpha value is -2.24. The maximum atomic E-state index is 4.47.